The molecule has 0 radical (unpaired) electrons. The summed E-state index contributed by atoms with van der Waals surface area (Å²) in [4.78, 5) is 26.2. The lowest BCUT2D eigenvalue weighted by atomic mass is 9.82. The van der Waals surface area contributed by atoms with Crippen LogP contribution in [0.15, 0.2) is 0 Å². The first kappa shape index (κ1) is 15.3. The third-order valence-corrected chi connectivity index (χ3v) is 4.78. The van der Waals surface area contributed by atoms with E-state index in [9.17, 15) is 9.59 Å². The van der Waals surface area contributed by atoms with Crippen molar-refractivity contribution in [2.75, 3.05) is 13.6 Å². The predicted octanol–water partition coefficient (Wildman–Crippen LogP) is 1.02. The van der Waals surface area contributed by atoms with Crippen molar-refractivity contribution in [3.8, 4) is 0 Å². The smallest absolute Gasteiger partial charge is 0.242 e. The molecule has 2 rings (SSSR count). The summed E-state index contributed by atoms with van der Waals surface area (Å²) in [6.45, 7) is 0.707. The molecule has 0 aromatic rings. The zero-order chi connectivity index (χ0) is 14.5. The average Bonchev–Trinajstić information content (AvgIpc) is 2.48. The molecule has 3 N–H and O–H groups in total. The number of hydrogen-bond acceptors (Lipinski definition) is 3. The van der Waals surface area contributed by atoms with Crippen molar-refractivity contribution in [3.05, 3.63) is 0 Å². The Kier molecular flexibility index (Phi) is 5.40. The number of carbonyl (C=O) groups is 2. The molecule has 3 atom stereocenters. The van der Waals surface area contributed by atoms with Gasteiger partial charge >= 0.3 is 0 Å². The molecular formula is C15H27N3O2. The molecule has 1 saturated carbocycles. The number of carbonyl (C=O) groups excluding carboxylic acids is 2. The molecule has 114 valence electrons. The zero-order valence-corrected chi connectivity index (χ0v) is 12.4. The first-order chi connectivity index (χ1) is 9.63. The highest BCUT2D eigenvalue weighted by Gasteiger charge is 2.33. The molecule has 3 unspecified atom stereocenters. The van der Waals surface area contributed by atoms with Crippen molar-refractivity contribution >= 4 is 11.8 Å². The van der Waals surface area contributed by atoms with Crippen LogP contribution in [-0.2, 0) is 9.59 Å². The molecule has 2 fully saturated rings. The van der Waals surface area contributed by atoms with Crippen LogP contribution >= 0.6 is 0 Å². The highest BCUT2D eigenvalue weighted by Crippen LogP contribution is 2.27. The van der Waals surface area contributed by atoms with Crippen LogP contribution in [0.5, 0.6) is 0 Å². The van der Waals surface area contributed by atoms with Crippen LogP contribution in [0.25, 0.3) is 0 Å². The minimum atomic E-state index is -0.277. The number of nitrogens with zero attached hydrogens (tertiary/aromatic N) is 1. The molecule has 1 saturated heterocycles. The summed E-state index contributed by atoms with van der Waals surface area (Å²) in [5.74, 6) is 0.371. The van der Waals surface area contributed by atoms with Gasteiger partial charge in [0, 0.05) is 26.1 Å². The second-order valence-corrected chi connectivity index (χ2v) is 6.13. The van der Waals surface area contributed by atoms with Gasteiger partial charge in [0.2, 0.25) is 11.8 Å². The molecule has 0 aromatic carbocycles. The fraction of sp³-hybridized carbons (Fsp3) is 0.867. The first-order valence-corrected chi connectivity index (χ1v) is 7.90. The molecular weight excluding hydrogens is 254 g/mol. The molecule has 0 bridgehead atoms. The number of piperidine rings is 1. The van der Waals surface area contributed by atoms with Gasteiger partial charge in [0.05, 0.1) is 0 Å². The van der Waals surface area contributed by atoms with Gasteiger partial charge in [-0.1, -0.05) is 12.8 Å². The van der Waals surface area contributed by atoms with E-state index in [1.54, 1.807) is 11.9 Å². The van der Waals surface area contributed by atoms with E-state index in [1.807, 2.05) is 0 Å². The standard InChI is InChI=1S/C15H27N3O2/c1-17-15(20)13-8-4-5-9-18(13)14(19)10-11-6-2-3-7-12(11)16/h11-13H,2-10,16H2,1H3,(H,17,20). The van der Waals surface area contributed by atoms with Gasteiger partial charge in [0.25, 0.3) is 0 Å². The molecule has 2 aliphatic rings. The van der Waals surface area contributed by atoms with Crippen LogP contribution < -0.4 is 11.1 Å². The molecule has 2 amide bonds. The quantitative estimate of drug-likeness (QED) is 0.811. The Morgan fingerprint density at radius 3 is 2.55 bits per heavy atom. The summed E-state index contributed by atoms with van der Waals surface area (Å²) >= 11 is 0. The minimum absolute atomic E-state index is 0.0361. The van der Waals surface area contributed by atoms with E-state index in [0.717, 1.165) is 32.1 Å². The number of amides is 2. The Balaban J connectivity index is 1.96. The Morgan fingerprint density at radius 2 is 1.85 bits per heavy atom. The van der Waals surface area contributed by atoms with Gasteiger partial charge in [-0.3, -0.25) is 9.59 Å². The first-order valence-electron chi connectivity index (χ1n) is 7.90. The van der Waals surface area contributed by atoms with Crippen LogP contribution in [0, 0.1) is 5.92 Å². The van der Waals surface area contributed by atoms with Crippen LogP contribution in [0.2, 0.25) is 0 Å². The molecule has 20 heavy (non-hydrogen) atoms. The number of nitrogens with two attached hydrogens (primary N) is 1. The van der Waals surface area contributed by atoms with Gasteiger partial charge in [-0.15, -0.1) is 0 Å². The maximum absolute atomic E-state index is 12.5. The van der Waals surface area contributed by atoms with E-state index >= 15 is 0 Å². The summed E-state index contributed by atoms with van der Waals surface area (Å²) in [5, 5.41) is 2.67. The monoisotopic (exact) mass is 281 g/mol. The summed E-state index contributed by atoms with van der Waals surface area (Å²) in [6.07, 6.45) is 7.72. The number of nitrogens with one attached hydrogen (secondary N) is 1. The Hall–Kier alpha value is -1.10. The van der Waals surface area contributed by atoms with Crippen molar-refractivity contribution in [1.29, 1.82) is 0 Å². The van der Waals surface area contributed by atoms with Crippen molar-refractivity contribution < 1.29 is 9.59 Å². The van der Waals surface area contributed by atoms with Gasteiger partial charge in [-0.2, -0.15) is 0 Å². The lowest BCUT2D eigenvalue weighted by Crippen LogP contribution is -2.52. The van der Waals surface area contributed by atoms with Crippen LogP contribution in [0.1, 0.15) is 51.4 Å². The number of likely N-dealkylation sites (tertiary alicyclic amines) is 1. The average molecular weight is 281 g/mol. The van der Waals surface area contributed by atoms with Crippen molar-refractivity contribution in [1.82, 2.24) is 10.2 Å². The lowest BCUT2D eigenvalue weighted by Gasteiger charge is -2.36. The van der Waals surface area contributed by atoms with Gasteiger partial charge < -0.3 is 16.0 Å². The second kappa shape index (κ2) is 7.07. The number of rotatable bonds is 3. The lowest BCUT2D eigenvalue weighted by molar-refractivity contribution is -0.143. The van der Waals surface area contributed by atoms with Crippen LogP contribution in [-0.4, -0.2) is 42.4 Å². The molecule has 0 aromatic heterocycles. The van der Waals surface area contributed by atoms with E-state index in [4.69, 9.17) is 5.73 Å². The maximum Gasteiger partial charge on any atom is 0.242 e. The van der Waals surface area contributed by atoms with Crippen molar-refractivity contribution in [2.45, 2.75) is 63.5 Å². The largest absolute Gasteiger partial charge is 0.357 e. The van der Waals surface area contributed by atoms with Crippen molar-refractivity contribution in [2.24, 2.45) is 11.7 Å². The van der Waals surface area contributed by atoms with Crippen molar-refractivity contribution in [3.63, 3.8) is 0 Å². The maximum atomic E-state index is 12.5. The fourth-order valence-electron chi connectivity index (χ4n) is 3.50. The normalized spacial score (nSPS) is 30.9. The topological polar surface area (TPSA) is 75.4 Å². The van der Waals surface area contributed by atoms with E-state index in [-0.39, 0.29) is 23.9 Å². The molecule has 1 heterocycles. The fourth-order valence-corrected chi connectivity index (χ4v) is 3.50. The van der Waals surface area contributed by atoms with Gasteiger partial charge in [0.1, 0.15) is 6.04 Å². The summed E-state index contributed by atoms with van der Waals surface area (Å²) in [6, 6.07) is -0.128. The van der Waals surface area contributed by atoms with Gasteiger partial charge in [0.15, 0.2) is 0 Å². The highest BCUT2D eigenvalue weighted by atomic mass is 16.2. The highest BCUT2D eigenvalue weighted by molar-refractivity contribution is 5.87. The van der Waals surface area contributed by atoms with Gasteiger partial charge in [-0.05, 0) is 38.0 Å². The van der Waals surface area contributed by atoms with E-state index in [2.05, 4.69) is 5.32 Å². The third-order valence-electron chi connectivity index (χ3n) is 4.78. The summed E-state index contributed by atoms with van der Waals surface area (Å²) in [5.41, 5.74) is 6.13. The van der Waals surface area contributed by atoms with Crippen LogP contribution in [0.3, 0.4) is 0 Å². The molecule has 0 spiro atoms. The van der Waals surface area contributed by atoms with Gasteiger partial charge in [-0.25, -0.2) is 0 Å². The molecule has 5 heteroatoms. The number of likely N-dealkylation sites (N-methyl/N-ethyl adjacent to an activating group) is 1. The second-order valence-electron chi connectivity index (χ2n) is 6.13. The third kappa shape index (κ3) is 3.51. The molecule has 1 aliphatic heterocycles. The Bertz CT molecular complexity index is 359. The molecule has 5 nitrogen and oxygen atoms in total. The summed E-state index contributed by atoms with van der Waals surface area (Å²) < 4.78 is 0. The number of hydrogen-bond donors (Lipinski definition) is 2. The van der Waals surface area contributed by atoms with Crippen LogP contribution in [0.4, 0.5) is 0 Å². The predicted molar refractivity (Wildman–Crippen MR) is 78.0 cm³/mol. The Morgan fingerprint density at radius 1 is 1.15 bits per heavy atom. The van der Waals surface area contributed by atoms with E-state index < -0.39 is 0 Å². The minimum Gasteiger partial charge on any atom is -0.357 e. The summed E-state index contributed by atoms with van der Waals surface area (Å²) in [7, 11) is 1.64. The zero-order valence-electron chi connectivity index (χ0n) is 12.4. The SMILES string of the molecule is CNC(=O)C1CCCCN1C(=O)CC1CCCCC1N. The Labute approximate surface area is 121 Å². The van der Waals surface area contributed by atoms with E-state index in [0.29, 0.717) is 18.9 Å². The van der Waals surface area contributed by atoms with E-state index in [1.165, 1.54) is 12.8 Å². The molecule has 1 aliphatic carbocycles.